The van der Waals surface area contributed by atoms with E-state index in [9.17, 15) is 14.7 Å². The minimum atomic E-state index is -0.568. The van der Waals surface area contributed by atoms with Crippen LogP contribution in [-0.2, 0) is 16.0 Å². The van der Waals surface area contributed by atoms with Crippen LogP contribution in [0.1, 0.15) is 43.9 Å². The monoisotopic (exact) mass is 393 g/mol. The summed E-state index contributed by atoms with van der Waals surface area (Å²) in [6.45, 7) is 4.91. The number of rotatable bonds is 9. The zero-order valence-corrected chi connectivity index (χ0v) is 16.9. The van der Waals surface area contributed by atoms with Gasteiger partial charge in [0, 0.05) is 13.0 Å². The third-order valence-electron chi connectivity index (χ3n) is 5.06. The van der Waals surface area contributed by atoms with Crippen molar-refractivity contribution in [1.29, 1.82) is 0 Å². The first-order valence-electron chi connectivity index (χ1n) is 10.1. The van der Waals surface area contributed by atoms with Crippen molar-refractivity contribution in [2.75, 3.05) is 13.2 Å². The highest BCUT2D eigenvalue weighted by Gasteiger charge is 2.42. The van der Waals surface area contributed by atoms with Crippen molar-refractivity contribution < 1.29 is 19.4 Å². The second kappa shape index (κ2) is 9.41. The second-order valence-electron chi connectivity index (χ2n) is 7.07. The fourth-order valence-corrected chi connectivity index (χ4v) is 3.71. The molecule has 5 heteroatoms. The van der Waals surface area contributed by atoms with E-state index in [0.717, 1.165) is 23.3 Å². The molecule has 0 saturated carbocycles. The standard InChI is InChI=1S/C24H27NO4/c1-3-16-25-22(18-11-13-19(14-12-18)29-4-2)21(23(27)24(25)28)20(26)15-10-17-8-6-5-7-9-17/h5-9,11-14,22,27H,3-4,10,15-16H2,1-2H3. The van der Waals surface area contributed by atoms with Gasteiger partial charge >= 0.3 is 0 Å². The molecule has 0 radical (unpaired) electrons. The molecule has 0 bridgehead atoms. The molecule has 5 nitrogen and oxygen atoms in total. The molecule has 2 aromatic rings. The molecule has 0 fully saturated rings. The lowest BCUT2D eigenvalue weighted by molar-refractivity contribution is -0.129. The number of ketones is 1. The number of Topliss-reactive ketones (excluding diaryl/α,β-unsaturated/α-hetero) is 1. The topological polar surface area (TPSA) is 66.8 Å². The van der Waals surface area contributed by atoms with E-state index in [1.165, 1.54) is 0 Å². The van der Waals surface area contributed by atoms with Gasteiger partial charge in [-0.25, -0.2) is 0 Å². The summed E-state index contributed by atoms with van der Waals surface area (Å²) in [6.07, 6.45) is 1.54. The van der Waals surface area contributed by atoms with E-state index >= 15 is 0 Å². The van der Waals surface area contributed by atoms with Crippen LogP contribution in [0, 0.1) is 0 Å². The molecule has 0 spiro atoms. The molecule has 0 saturated heterocycles. The first-order valence-corrected chi connectivity index (χ1v) is 10.1. The van der Waals surface area contributed by atoms with Crippen molar-refractivity contribution in [2.24, 2.45) is 0 Å². The van der Waals surface area contributed by atoms with Crippen molar-refractivity contribution >= 4 is 11.7 Å². The van der Waals surface area contributed by atoms with E-state index < -0.39 is 17.7 Å². The number of benzene rings is 2. The molecule has 2 aromatic carbocycles. The molecular weight excluding hydrogens is 366 g/mol. The van der Waals surface area contributed by atoms with Crippen molar-refractivity contribution in [3.8, 4) is 5.75 Å². The van der Waals surface area contributed by atoms with Gasteiger partial charge in [0.15, 0.2) is 11.5 Å². The highest BCUT2D eigenvalue weighted by atomic mass is 16.5. The van der Waals surface area contributed by atoms with Crippen molar-refractivity contribution in [2.45, 2.75) is 39.2 Å². The summed E-state index contributed by atoms with van der Waals surface area (Å²) in [4.78, 5) is 27.3. The molecule has 1 aliphatic rings. The Kier molecular flexibility index (Phi) is 6.70. The quantitative estimate of drug-likeness (QED) is 0.686. The zero-order chi connectivity index (χ0) is 20.8. The van der Waals surface area contributed by atoms with Gasteiger partial charge in [-0.15, -0.1) is 0 Å². The van der Waals surface area contributed by atoms with Crippen molar-refractivity contribution in [3.63, 3.8) is 0 Å². The highest BCUT2D eigenvalue weighted by Crippen LogP contribution is 2.38. The SMILES string of the molecule is CCCN1C(=O)C(O)=C(C(=O)CCc2ccccc2)C1c1ccc(OCC)cc1. The Bertz CT molecular complexity index is 887. The number of aliphatic hydroxyl groups is 1. The molecule has 152 valence electrons. The predicted octanol–water partition coefficient (Wildman–Crippen LogP) is 4.39. The van der Waals surface area contributed by atoms with Crippen LogP contribution in [0.2, 0.25) is 0 Å². The summed E-state index contributed by atoms with van der Waals surface area (Å²) in [6, 6.07) is 16.5. The molecule has 1 atom stereocenters. The van der Waals surface area contributed by atoms with Gasteiger partial charge in [-0.2, -0.15) is 0 Å². The fraction of sp³-hybridized carbons (Fsp3) is 0.333. The Balaban J connectivity index is 1.88. The molecule has 1 unspecified atom stereocenters. The number of carbonyl (C=O) groups excluding carboxylic acids is 2. The van der Waals surface area contributed by atoms with Gasteiger partial charge in [0.1, 0.15) is 5.75 Å². The van der Waals surface area contributed by atoms with Crippen LogP contribution >= 0.6 is 0 Å². The summed E-state index contributed by atoms with van der Waals surface area (Å²) >= 11 is 0. The molecular formula is C24H27NO4. The van der Waals surface area contributed by atoms with Gasteiger partial charge in [-0.05, 0) is 43.0 Å². The van der Waals surface area contributed by atoms with Gasteiger partial charge < -0.3 is 14.7 Å². The van der Waals surface area contributed by atoms with Crippen molar-refractivity contribution in [1.82, 2.24) is 4.90 Å². The van der Waals surface area contributed by atoms with Gasteiger partial charge in [0.25, 0.3) is 5.91 Å². The average Bonchev–Trinajstić information content (AvgIpc) is 2.99. The maximum absolute atomic E-state index is 13.1. The van der Waals surface area contributed by atoms with E-state index in [-0.39, 0.29) is 17.8 Å². The van der Waals surface area contributed by atoms with E-state index in [2.05, 4.69) is 0 Å². The zero-order valence-electron chi connectivity index (χ0n) is 16.9. The Hall–Kier alpha value is -3.08. The summed E-state index contributed by atoms with van der Waals surface area (Å²) in [5.74, 6) is -0.367. The van der Waals surface area contributed by atoms with Crippen LogP contribution in [0.3, 0.4) is 0 Å². The Morgan fingerprint density at radius 2 is 1.76 bits per heavy atom. The van der Waals surface area contributed by atoms with Crippen LogP contribution < -0.4 is 4.74 Å². The van der Waals surface area contributed by atoms with Crippen molar-refractivity contribution in [3.05, 3.63) is 77.1 Å². The molecule has 29 heavy (non-hydrogen) atoms. The maximum atomic E-state index is 13.1. The first kappa shape index (κ1) is 20.6. The number of hydrogen-bond acceptors (Lipinski definition) is 4. The minimum absolute atomic E-state index is 0.197. The minimum Gasteiger partial charge on any atom is -0.503 e. The normalized spacial score (nSPS) is 16.4. The Labute approximate surface area is 171 Å². The summed E-state index contributed by atoms with van der Waals surface area (Å²) in [5.41, 5.74) is 2.04. The van der Waals surface area contributed by atoms with E-state index in [4.69, 9.17) is 4.74 Å². The van der Waals surface area contributed by atoms with Gasteiger partial charge in [-0.3, -0.25) is 9.59 Å². The fourth-order valence-electron chi connectivity index (χ4n) is 3.71. The number of hydrogen-bond donors (Lipinski definition) is 1. The lowest BCUT2D eigenvalue weighted by Gasteiger charge is -2.26. The number of aliphatic hydroxyl groups excluding tert-OH is 1. The third kappa shape index (κ3) is 4.50. The Morgan fingerprint density at radius 1 is 1.07 bits per heavy atom. The smallest absolute Gasteiger partial charge is 0.290 e. The highest BCUT2D eigenvalue weighted by molar-refractivity contribution is 6.09. The predicted molar refractivity (Wildman–Crippen MR) is 112 cm³/mol. The van der Waals surface area contributed by atoms with Crippen LogP contribution in [0.25, 0.3) is 0 Å². The molecule has 0 aliphatic carbocycles. The average molecular weight is 393 g/mol. The number of nitrogens with zero attached hydrogens (tertiary/aromatic N) is 1. The second-order valence-corrected chi connectivity index (χ2v) is 7.07. The molecule has 0 aromatic heterocycles. The summed E-state index contributed by atoms with van der Waals surface area (Å²) in [5, 5.41) is 10.5. The van der Waals surface area contributed by atoms with Crippen LogP contribution in [-0.4, -0.2) is 34.8 Å². The van der Waals surface area contributed by atoms with E-state index in [1.54, 1.807) is 4.90 Å². The van der Waals surface area contributed by atoms with Crippen LogP contribution in [0.5, 0.6) is 5.75 Å². The number of carbonyl (C=O) groups is 2. The third-order valence-corrected chi connectivity index (χ3v) is 5.06. The lowest BCUT2D eigenvalue weighted by atomic mass is 9.93. The molecule has 1 aliphatic heterocycles. The van der Waals surface area contributed by atoms with Crippen LogP contribution in [0.4, 0.5) is 0 Å². The molecule has 1 amide bonds. The van der Waals surface area contributed by atoms with Gasteiger partial charge in [0.05, 0.1) is 18.2 Å². The molecule has 1 N–H and O–H groups in total. The van der Waals surface area contributed by atoms with Gasteiger partial charge in [0.2, 0.25) is 0 Å². The largest absolute Gasteiger partial charge is 0.503 e. The lowest BCUT2D eigenvalue weighted by Crippen LogP contribution is -2.31. The summed E-state index contributed by atoms with van der Waals surface area (Å²) < 4.78 is 5.49. The van der Waals surface area contributed by atoms with E-state index in [0.29, 0.717) is 19.6 Å². The van der Waals surface area contributed by atoms with Crippen LogP contribution in [0.15, 0.2) is 65.9 Å². The Morgan fingerprint density at radius 3 is 2.38 bits per heavy atom. The van der Waals surface area contributed by atoms with Gasteiger partial charge in [-0.1, -0.05) is 49.4 Å². The number of amides is 1. The summed E-state index contributed by atoms with van der Waals surface area (Å²) in [7, 11) is 0. The molecule has 1 heterocycles. The molecule has 3 rings (SSSR count). The maximum Gasteiger partial charge on any atom is 0.290 e. The van der Waals surface area contributed by atoms with E-state index in [1.807, 2.05) is 68.4 Å². The number of aryl methyl sites for hydroxylation is 1. The first-order chi connectivity index (χ1) is 14.1. The number of ether oxygens (including phenoxy) is 1.